The molecule has 0 spiro atoms. The van der Waals surface area contributed by atoms with Crippen LogP contribution in [0.25, 0.3) is 0 Å². The Morgan fingerprint density at radius 2 is 1.88 bits per heavy atom. The second kappa shape index (κ2) is 4.90. The molecular weight excluding hydrogens is 210 g/mol. The predicted molar refractivity (Wildman–Crippen MR) is 65.7 cm³/mol. The summed E-state index contributed by atoms with van der Waals surface area (Å²) >= 11 is 0. The SMILES string of the molecule is CN(C)[C@@H]1C=C2CCCC[C@@H]2[C@@H](C#N)[C@@H]1C#N. The first-order valence-electron chi connectivity index (χ1n) is 6.35. The molecule has 0 saturated heterocycles. The van der Waals surface area contributed by atoms with Gasteiger partial charge in [0, 0.05) is 6.04 Å². The lowest BCUT2D eigenvalue weighted by Gasteiger charge is -2.40. The molecule has 1 fully saturated rings. The first-order valence-corrected chi connectivity index (χ1v) is 6.35. The minimum atomic E-state index is -0.179. The standard InChI is InChI=1S/C14H19N3/c1-17(2)14-7-10-5-3-4-6-11(10)12(8-15)13(14)9-16/h7,11-14H,3-6H2,1-2H3/t11-,12+,13-,14+/m0/s1. The van der Waals surface area contributed by atoms with Crippen LogP contribution in [0.1, 0.15) is 25.7 Å². The Labute approximate surface area is 103 Å². The lowest BCUT2D eigenvalue weighted by molar-refractivity contribution is 0.194. The Hall–Kier alpha value is -1.32. The molecule has 2 aliphatic rings. The second-order valence-electron chi connectivity index (χ2n) is 5.36. The van der Waals surface area contributed by atoms with E-state index in [1.807, 2.05) is 14.1 Å². The van der Waals surface area contributed by atoms with Crippen LogP contribution in [-0.2, 0) is 0 Å². The summed E-state index contributed by atoms with van der Waals surface area (Å²) in [5, 5.41) is 18.7. The number of rotatable bonds is 1. The third-order valence-corrected chi connectivity index (χ3v) is 4.17. The van der Waals surface area contributed by atoms with E-state index in [9.17, 15) is 10.5 Å². The van der Waals surface area contributed by atoms with Gasteiger partial charge in [0.1, 0.15) is 0 Å². The van der Waals surface area contributed by atoms with E-state index in [4.69, 9.17) is 0 Å². The van der Waals surface area contributed by atoms with Crippen molar-refractivity contribution in [1.29, 1.82) is 10.5 Å². The monoisotopic (exact) mass is 229 g/mol. The smallest absolute Gasteiger partial charge is 0.0818 e. The van der Waals surface area contributed by atoms with Gasteiger partial charge in [-0.3, -0.25) is 0 Å². The molecule has 0 unspecified atom stereocenters. The van der Waals surface area contributed by atoms with E-state index < -0.39 is 0 Å². The van der Waals surface area contributed by atoms with Crippen LogP contribution in [-0.4, -0.2) is 25.0 Å². The van der Waals surface area contributed by atoms with Crippen molar-refractivity contribution in [2.75, 3.05) is 14.1 Å². The highest BCUT2D eigenvalue weighted by molar-refractivity contribution is 5.26. The van der Waals surface area contributed by atoms with Crippen molar-refractivity contribution < 1.29 is 0 Å². The van der Waals surface area contributed by atoms with Gasteiger partial charge in [0.2, 0.25) is 0 Å². The molecule has 4 atom stereocenters. The molecule has 2 aliphatic carbocycles. The zero-order valence-corrected chi connectivity index (χ0v) is 10.6. The van der Waals surface area contributed by atoms with E-state index >= 15 is 0 Å². The summed E-state index contributed by atoms with van der Waals surface area (Å²) in [5.74, 6) is 0.0455. The van der Waals surface area contributed by atoms with Gasteiger partial charge in [0.25, 0.3) is 0 Å². The molecule has 0 N–H and O–H groups in total. The largest absolute Gasteiger partial charge is 0.302 e. The second-order valence-corrected chi connectivity index (χ2v) is 5.36. The maximum atomic E-state index is 9.38. The maximum absolute atomic E-state index is 9.38. The van der Waals surface area contributed by atoms with Crippen molar-refractivity contribution in [3.05, 3.63) is 11.6 Å². The molecule has 17 heavy (non-hydrogen) atoms. The van der Waals surface area contributed by atoms with Crippen LogP contribution in [0.15, 0.2) is 11.6 Å². The van der Waals surface area contributed by atoms with Crippen molar-refractivity contribution in [1.82, 2.24) is 4.90 Å². The van der Waals surface area contributed by atoms with E-state index in [1.54, 1.807) is 0 Å². The third kappa shape index (κ3) is 2.08. The molecule has 0 aromatic rings. The molecule has 0 radical (unpaired) electrons. The molecule has 0 amide bonds. The van der Waals surface area contributed by atoms with E-state index in [-0.39, 0.29) is 17.9 Å². The fourth-order valence-corrected chi connectivity index (χ4v) is 3.26. The molecule has 2 rings (SSSR count). The Morgan fingerprint density at radius 1 is 1.18 bits per heavy atom. The molecule has 0 bridgehead atoms. The van der Waals surface area contributed by atoms with Gasteiger partial charge in [-0.2, -0.15) is 10.5 Å². The topological polar surface area (TPSA) is 50.8 Å². The predicted octanol–water partition coefficient (Wildman–Crippen LogP) is 2.33. The molecule has 3 heteroatoms. The van der Waals surface area contributed by atoms with Crippen LogP contribution < -0.4 is 0 Å². The van der Waals surface area contributed by atoms with Gasteiger partial charge < -0.3 is 4.90 Å². The van der Waals surface area contributed by atoms with E-state index in [0.29, 0.717) is 5.92 Å². The van der Waals surface area contributed by atoms with E-state index in [0.717, 1.165) is 12.8 Å². The molecule has 3 nitrogen and oxygen atoms in total. The summed E-state index contributed by atoms with van der Waals surface area (Å²) in [6, 6.07) is 4.87. The maximum Gasteiger partial charge on any atom is 0.0818 e. The number of likely N-dealkylation sites (N-methyl/N-ethyl adjacent to an activating group) is 1. The van der Waals surface area contributed by atoms with E-state index in [1.165, 1.54) is 18.4 Å². The average Bonchev–Trinajstić information content (AvgIpc) is 2.36. The summed E-state index contributed by atoms with van der Waals surface area (Å²) in [7, 11) is 3.98. The Morgan fingerprint density at radius 3 is 2.47 bits per heavy atom. The van der Waals surface area contributed by atoms with E-state index in [2.05, 4.69) is 23.1 Å². The summed E-state index contributed by atoms with van der Waals surface area (Å²) in [4.78, 5) is 2.07. The van der Waals surface area contributed by atoms with Crippen LogP contribution in [0, 0.1) is 40.4 Å². The third-order valence-electron chi connectivity index (χ3n) is 4.17. The van der Waals surface area contributed by atoms with Crippen molar-refractivity contribution in [2.45, 2.75) is 31.7 Å². The molecule has 90 valence electrons. The number of allylic oxidation sites excluding steroid dienone is 1. The molecule has 0 aromatic heterocycles. The lowest BCUT2D eigenvalue weighted by Crippen LogP contribution is -2.43. The highest BCUT2D eigenvalue weighted by Crippen LogP contribution is 2.43. The van der Waals surface area contributed by atoms with Gasteiger partial charge in [-0.05, 0) is 39.3 Å². The van der Waals surface area contributed by atoms with Crippen LogP contribution >= 0.6 is 0 Å². The Kier molecular flexibility index (Phi) is 3.50. The van der Waals surface area contributed by atoms with Gasteiger partial charge in [-0.15, -0.1) is 0 Å². The van der Waals surface area contributed by atoms with Crippen molar-refractivity contribution in [2.24, 2.45) is 17.8 Å². The van der Waals surface area contributed by atoms with Crippen molar-refractivity contribution in [3.63, 3.8) is 0 Å². The average molecular weight is 229 g/mol. The highest BCUT2D eigenvalue weighted by atomic mass is 15.1. The zero-order valence-electron chi connectivity index (χ0n) is 10.6. The molecule has 0 aliphatic heterocycles. The normalized spacial score (nSPS) is 36.6. The Bertz CT molecular complexity index is 397. The van der Waals surface area contributed by atoms with Crippen molar-refractivity contribution in [3.8, 4) is 12.1 Å². The fourth-order valence-electron chi connectivity index (χ4n) is 3.26. The zero-order chi connectivity index (χ0) is 12.4. The van der Waals surface area contributed by atoms with Gasteiger partial charge >= 0.3 is 0 Å². The molecule has 0 heterocycles. The first kappa shape index (κ1) is 12.1. The van der Waals surface area contributed by atoms with Crippen LogP contribution in [0.5, 0.6) is 0 Å². The minimum absolute atomic E-state index is 0.106. The molecular formula is C14H19N3. The van der Waals surface area contributed by atoms with Crippen LogP contribution in [0.2, 0.25) is 0 Å². The molecule has 1 saturated carbocycles. The fraction of sp³-hybridized carbons (Fsp3) is 0.714. The van der Waals surface area contributed by atoms with Crippen LogP contribution in [0.3, 0.4) is 0 Å². The first-order chi connectivity index (χ1) is 8.19. The van der Waals surface area contributed by atoms with Gasteiger partial charge in [0.05, 0.1) is 24.0 Å². The lowest BCUT2D eigenvalue weighted by atomic mass is 9.66. The van der Waals surface area contributed by atoms with Gasteiger partial charge in [-0.25, -0.2) is 0 Å². The number of hydrogen-bond donors (Lipinski definition) is 0. The summed E-state index contributed by atoms with van der Waals surface area (Å²) < 4.78 is 0. The number of fused-ring (bicyclic) bond motifs is 1. The Balaban J connectivity index is 2.37. The quantitative estimate of drug-likeness (QED) is 0.648. The van der Waals surface area contributed by atoms with Crippen molar-refractivity contribution >= 4 is 0 Å². The summed E-state index contributed by atoms with van der Waals surface area (Å²) in [5.41, 5.74) is 1.42. The number of nitriles is 2. The van der Waals surface area contributed by atoms with Gasteiger partial charge in [0.15, 0.2) is 0 Å². The number of nitrogens with zero attached hydrogens (tertiary/aromatic N) is 3. The summed E-state index contributed by atoms with van der Waals surface area (Å²) in [6.07, 6.45) is 6.89. The van der Waals surface area contributed by atoms with Gasteiger partial charge in [-0.1, -0.05) is 18.1 Å². The van der Waals surface area contributed by atoms with Crippen LogP contribution in [0.4, 0.5) is 0 Å². The minimum Gasteiger partial charge on any atom is -0.302 e. The number of hydrogen-bond acceptors (Lipinski definition) is 3. The summed E-state index contributed by atoms with van der Waals surface area (Å²) in [6.45, 7) is 0. The molecule has 0 aromatic carbocycles. The highest BCUT2D eigenvalue weighted by Gasteiger charge is 2.41.